The molecule has 1 aromatic carbocycles. The Bertz CT molecular complexity index is 551. The van der Waals surface area contributed by atoms with Crippen LogP contribution in [0.3, 0.4) is 0 Å². The Hall–Kier alpha value is -1.02. The highest BCUT2D eigenvalue weighted by atomic mass is 35.5. The van der Waals surface area contributed by atoms with E-state index >= 15 is 0 Å². The average Bonchev–Trinajstić information content (AvgIpc) is 2.22. The van der Waals surface area contributed by atoms with Crippen molar-refractivity contribution >= 4 is 45.1 Å². The highest BCUT2D eigenvalue weighted by Crippen LogP contribution is 2.32. The molecule has 0 amide bonds. The summed E-state index contributed by atoms with van der Waals surface area (Å²) in [5.41, 5.74) is -0.194. The molecule has 0 unspecified atom stereocenters. The zero-order valence-electron chi connectivity index (χ0n) is 9.20. The Labute approximate surface area is 114 Å². The van der Waals surface area contributed by atoms with Gasteiger partial charge in [0.1, 0.15) is 0 Å². The van der Waals surface area contributed by atoms with Gasteiger partial charge in [-0.2, -0.15) is 13.1 Å². The van der Waals surface area contributed by atoms with E-state index < -0.39 is 16.2 Å². The summed E-state index contributed by atoms with van der Waals surface area (Å²) in [7, 11) is -3.78. The van der Waals surface area contributed by atoms with Gasteiger partial charge in [-0.3, -0.25) is 4.72 Å². The highest BCUT2D eigenvalue weighted by Gasteiger charge is 2.16. The summed E-state index contributed by atoms with van der Waals surface area (Å²) in [6.07, 6.45) is 0. The summed E-state index contributed by atoms with van der Waals surface area (Å²) in [6, 6.07) is 2.22. The third-order valence-electron chi connectivity index (χ3n) is 1.86. The Morgan fingerprint density at radius 2 is 1.83 bits per heavy atom. The predicted molar refractivity (Wildman–Crippen MR) is 69.6 cm³/mol. The monoisotopic (exact) mass is 312 g/mol. The number of aromatic carboxylic acids is 1. The van der Waals surface area contributed by atoms with Crippen LogP contribution in [0.25, 0.3) is 0 Å². The van der Waals surface area contributed by atoms with Crippen LogP contribution in [0, 0.1) is 0 Å². The minimum absolute atomic E-state index is 0.0655. The highest BCUT2D eigenvalue weighted by molar-refractivity contribution is 7.90. The molecule has 0 aliphatic rings. The van der Waals surface area contributed by atoms with Crippen LogP contribution in [-0.4, -0.2) is 26.0 Å². The van der Waals surface area contributed by atoms with Crippen LogP contribution in [-0.2, 0) is 10.2 Å². The molecule has 0 aliphatic heterocycles. The number of halogens is 2. The molecule has 9 heteroatoms. The van der Waals surface area contributed by atoms with Crippen molar-refractivity contribution in [1.82, 2.24) is 4.72 Å². The third-order valence-corrected chi connectivity index (χ3v) is 3.60. The summed E-state index contributed by atoms with van der Waals surface area (Å²) in [4.78, 5) is 10.7. The van der Waals surface area contributed by atoms with Crippen molar-refractivity contribution in [1.29, 1.82) is 0 Å². The summed E-state index contributed by atoms with van der Waals surface area (Å²) in [5.74, 6) is -1.21. The molecule has 18 heavy (non-hydrogen) atoms. The van der Waals surface area contributed by atoms with Gasteiger partial charge in [-0.1, -0.05) is 30.1 Å². The number of carbonyl (C=O) groups is 1. The molecule has 0 aromatic heterocycles. The van der Waals surface area contributed by atoms with Crippen LogP contribution >= 0.6 is 23.2 Å². The zero-order chi connectivity index (χ0) is 13.9. The van der Waals surface area contributed by atoms with Crippen molar-refractivity contribution in [3.63, 3.8) is 0 Å². The summed E-state index contributed by atoms with van der Waals surface area (Å²) in [5, 5.41) is 8.58. The molecule has 0 saturated heterocycles. The van der Waals surface area contributed by atoms with Gasteiger partial charge in [-0.25, -0.2) is 4.79 Å². The smallest absolute Gasteiger partial charge is 0.335 e. The van der Waals surface area contributed by atoms with E-state index in [0.717, 1.165) is 12.1 Å². The second-order valence-corrected chi connectivity index (χ2v) is 5.54. The molecule has 0 bridgehead atoms. The molecule has 3 N–H and O–H groups in total. The minimum Gasteiger partial charge on any atom is -0.478 e. The molecule has 0 atom stereocenters. The number of hydrogen-bond acceptors (Lipinski definition) is 3. The first-order chi connectivity index (χ1) is 8.26. The predicted octanol–water partition coefficient (Wildman–Crippen LogP) is 1.96. The zero-order valence-corrected chi connectivity index (χ0v) is 11.5. The second kappa shape index (κ2) is 5.75. The van der Waals surface area contributed by atoms with Crippen LogP contribution < -0.4 is 9.44 Å². The van der Waals surface area contributed by atoms with E-state index in [1.807, 2.05) is 0 Å². The summed E-state index contributed by atoms with van der Waals surface area (Å²) in [6.45, 7) is 1.80. The molecule has 1 aromatic rings. The topological polar surface area (TPSA) is 95.5 Å². The first-order valence-electron chi connectivity index (χ1n) is 4.76. The van der Waals surface area contributed by atoms with Gasteiger partial charge in [-0.05, 0) is 12.1 Å². The van der Waals surface area contributed by atoms with Crippen molar-refractivity contribution in [2.45, 2.75) is 6.92 Å². The first-order valence-corrected chi connectivity index (χ1v) is 7.00. The van der Waals surface area contributed by atoms with E-state index in [4.69, 9.17) is 28.3 Å². The molecular weight excluding hydrogens is 303 g/mol. The van der Waals surface area contributed by atoms with Crippen molar-refractivity contribution < 1.29 is 18.3 Å². The number of hydrogen-bond donors (Lipinski definition) is 3. The van der Waals surface area contributed by atoms with Gasteiger partial charge in [0.2, 0.25) is 0 Å². The van der Waals surface area contributed by atoms with Gasteiger partial charge in [-0.15, -0.1) is 0 Å². The molecule has 0 saturated carbocycles. The molecule has 1 rings (SSSR count). The fourth-order valence-corrected chi connectivity index (χ4v) is 2.79. The molecule has 6 nitrogen and oxygen atoms in total. The maximum absolute atomic E-state index is 11.5. The van der Waals surface area contributed by atoms with E-state index in [-0.39, 0.29) is 27.8 Å². The van der Waals surface area contributed by atoms with Gasteiger partial charge in [0.25, 0.3) is 10.2 Å². The lowest BCUT2D eigenvalue weighted by molar-refractivity contribution is 0.0697. The number of benzene rings is 1. The summed E-state index contributed by atoms with van der Waals surface area (Å²) < 4.78 is 27.3. The largest absolute Gasteiger partial charge is 0.478 e. The van der Waals surface area contributed by atoms with Crippen molar-refractivity contribution in [3.8, 4) is 0 Å². The van der Waals surface area contributed by atoms with Crippen LogP contribution in [0.2, 0.25) is 10.0 Å². The Balaban J connectivity index is 3.16. The number of carboxylic acid groups (broad SMARTS) is 1. The maximum Gasteiger partial charge on any atom is 0.335 e. The molecule has 0 heterocycles. The van der Waals surface area contributed by atoms with Gasteiger partial charge >= 0.3 is 5.97 Å². The van der Waals surface area contributed by atoms with E-state index in [1.54, 1.807) is 6.92 Å². The Morgan fingerprint density at radius 1 is 1.33 bits per heavy atom. The van der Waals surface area contributed by atoms with Crippen LogP contribution in [0.5, 0.6) is 0 Å². The lowest BCUT2D eigenvalue weighted by atomic mass is 10.2. The molecule has 100 valence electrons. The molecule has 0 fully saturated rings. The fraction of sp³-hybridized carbons (Fsp3) is 0.222. The van der Waals surface area contributed by atoms with E-state index in [0.29, 0.717) is 0 Å². The van der Waals surface area contributed by atoms with Crippen molar-refractivity contribution in [2.24, 2.45) is 0 Å². The number of rotatable bonds is 5. The number of nitrogens with one attached hydrogen (secondary N) is 2. The van der Waals surface area contributed by atoms with Gasteiger partial charge in [0.15, 0.2) is 0 Å². The minimum atomic E-state index is -3.78. The molecular formula is C9H10Cl2N2O4S. The first kappa shape index (κ1) is 15.0. The number of anilines is 1. The van der Waals surface area contributed by atoms with E-state index in [1.165, 1.54) is 0 Å². The second-order valence-electron chi connectivity index (χ2n) is 3.22. The van der Waals surface area contributed by atoms with Crippen molar-refractivity contribution in [2.75, 3.05) is 11.3 Å². The third kappa shape index (κ3) is 3.74. The lowest BCUT2D eigenvalue weighted by Crippen LogP contribution is -2.30. The Morgan fingerprint density at radius 3 is 2.22 bits per heavy atom. The molecule has 0 spiro atoms. The fourth-order valence-electron chi connectivity index (χ4n) is 1.15. The normalized spacial score (nSPS) is 11.3. The average molecular weight is 313 g/mol. The van der Waals surface area contributed by atoms with Crippen molar-refractivity contribution in [3.05, 3.63) is 27.7 Å². The van der Waals surface area contributed by atoms with Gasteiger partial charge in [0.05, 0.1) is 21.3 Å². The summed E-state index contributed by atoms with van der Waals surface area (Å²) >= 11 is 11.6. The SMILES string of the molecule is CCNS(=O)(=O)Nc1c(Cl)cc(C(=O)O)cc1Cl. The lowest BCUT2D eigenvalue weighted by Gasteiger charge is -2.11. The number of carboxylic acids is 1. The maximum atomic E-state index is 11.5. The van der Waals surface area contributed by atoms with Crippen LogP contribution in [0.15, 0.2) is 12.1 Å². The van der Waals surface area contributed by atoms with Gasteiger partial charge < -0.3 is 5.11 Å². The van der Waals surface area contributed by atoms with Crippen LogP contribution in [0.1, 0.15) is 17.3 Å². The Kier molecular flexibility index (Phi) is 4.80. The molecule has 0 radical (unpaired) electrons. The standard InChI is InChI=1S/C9H10Cl2N2O4S/c1-2-12-18(16,17)13-8-6(10)3-5(9(14)15)4-7(8)11/h3-4,12-13H,2H2,1H3,(H,14,15). The van der Waals surface area contributed by atoms with Gasteiger partial charge in [0, 0.05) is 6.54 Å². The molecule has 0 aliphatic carbocycles. The van der Waals surface area contributed by atoms with E-state index in [2.05, 4.69) is 9.44 Å². The van der Waals surface area contributed by atoms with Crippen LogP contribution in [0.4, 0.5) is 5.69 Å². The van der Waals surface area contributed by atoms with E-state index in [9.17, 15) is 13.2 Å². The quantitative estimate of drug-likeness (QED) is 0.774.